The topological polar surface area (TPSA) is 17.1 Å². The van der Waals surface area contributed by atoms with Crippen molar-refractivity contribution in [3.8, 4) is 0 Å². The Kier molecular flexibility index (Phi) is 10.9. The van der Waals surface area contributed by atoms with Crippen LogP contribution in [-0.2, 0) is 4.79 Å². The predicted molar refractivity (Wildman–Crippen MR) is 71.2 cm³/mol. The van der Waals surface area contributed by atoms with E-state index in [4.69, 9.17) is 0 Å². The van der Waals surface area contributed by atoms with E-state index in [1.807, 2.05) is 6.29 Å². The summed E-state index contributed by atoms with van der Waals surface area (Å²) in [7, 11) is 0. The zero-order valence-corrected chi connectivity index (χ0v) is 11.4. The van der Waals surface area contributed by atoms with Gasteiger partial charge in [-0.2, -0.15) is 0 Å². The van der Waals surface area contributed by atoms with Crippen LogP contribution in [-0.4, -0.2) is 6.29 Å². The van der Waals surface area contributed by atoms with Crippen molar-refractivity contribution in [2.45, 2.75) is 78.6 Å². The van der Waals surface area contributed by atoms with Crippen molar-refractivity contribution in [2.24, 2.45) is 11.8 Å². The number of unbranched alkanes of at least 4 members (excludes halogenated alkanes) is 4. The van der Waals surface area contributed by atoms with Crippen LogP contribution in [0.2, 0.25) is 0 Å². The lowest BCUT2D eigenvalue weighted by Crippen LogP contribution is -2.06. The SMILES string of the molecule is CCCCCCCC(CC)CC(C)C[C]=O. The van der Waals surface area contributed by atoms with E-state index in [1.165, 1.54) is 51.4 Å². The molecule has 0 aliphatic heterocycles. The molecule has 0 saturated heterocycles. The predicted octanol–water partition coefficient (Wildman–Crippen LogP) is 4.90. The van der Waals surface area contributed by atoms with Crippen molar-refractivity contribution in [3.63, 3.8) is 0 Å². The van der Waals surface area contributed by atoms with Gasteiger partial charge in [0.1, 0.15) is 0 Å². The van der Waals surface area contributed by atoms with Crippen molar-refractivity contribution in [2.75, 3.05) is 0 Å². The van der Waals surface area contributed by atoms with Gasteiger partial charge in [0, 0.05) is 6.42 Å². The van der Waals surface area contributed by atoms with Crippen LogP contribution >= 0.6 is 0 Å². The maximum absolute atomic E-state index is 10.3. The highest BCUT2D eigenvalue weighted by Gasteiger charge is 2.11. The van der Waals surface area contributed by atoms with Gasteiger partial charge in [-0.1, -0.05) is 65.7 Å². The van der Waals surface area contributed by atoms with Gasteiger partial charge in [0.2, 0.25) is 0 Å². The van der Waals surface area contributed by atoms with E-state index >= 15 is 0 Å². The molecule has 0 fully saturated rings. The number of hydrogen-bond acceptors (Lipinski definition) is 1. The van der Waals surface area contributed by atoms with Gasteiger partial charge in [0.25, 0.3) is 0 Å². The lowest BCUT2D eigenvalue weighted by Gasteiger charge is -2.18. The van der Waals surface area contributed by atoms with Crippen LogP contribution in [0.4, 0.5) is 0 Å². The average molecular weight is 225 g/mol. The minimum absolute atomic E-state index is 0.526. The molecule has 0 aromatic carbocycles. The van der Waals surface area contributed by atoms with Crippen LogP contribution in [0, 0.1) is 11.8 Å². The molecule has 0 amide bonds. The summed E-state index contributed by atoms with van der Waals surface area (Å²) in [6.45, 7) is 6.70. The Labute approximate surface area is 102 Å². The standard InChI is InChI=1S/C15H29O/c1-4-6-7-8-9-10-15(5-2)13-14(3)11-12-16/h14-15H,4-11,13H2,1-3H3. The van der Waals surface area contributed by atoms with E-state index in [0.29, 0.717) is 12.3 Å². The van der Waals surface area contributed by atoms with E-state index in [-0.39, 0.29) is 0 Å². The molecular weight excluding hydrogens is 196 g/mol. The maximum atomic E-state index is 10.3. The van der Waals surface area contributed by atoms with Gasteiger partial charge in [-0.3, -0.25) is 4.79 Å². The van der Waals surface area contributed by atoms with Gasteiger partial charge in [-0.25, -0.2) is 0 Å². The van der Waals surface area contributed by atoms with E-state index in [9.17, 15) is 4.79 Å². The summed E-state index contributed by atoms with van der Waals surface area (Å²) in [5.74, 6) is 1.35. The Bertz CT molecular complexity index is 154. The van der Waals surface area contributed by atoms with Gasteiger partial charge in [-0.15, -0.1) is 0 Å². The molecule has 0 aromatic rings. The zero-order valence-electron chi connectivity index (χ0n) is 11.4. The highest BCUT2D eigenvalue weighted by Crippen LogP contribution is 2.23. The van der Waals surface area contributed by atoms with Crippen LogP contribution < -0.4 is 0 Å². The highest BCUT2D eigenvalue weighted by molar-refractivity contribution is 5.50. The van der Waals surface area contributed by atoms with Gasteiger partial charge in [0.05, 0.1) is 0 Å². The van der Waals surface area contributed by atoms with Crippen LogP contribution in [0.1, 0.15) is 78.6 Å². The molecule has 0 bridgehead atoms. The van der Waals surface area contributed by atoms with Gasteiger partial charge in [-0.05, 0) is 18.3 Å². The van der Waals surface area contributed by atoms with Crippen LogP contribution in [0.5, 0.6) is 0 Å². The first-order valence-corrected chi connectivity index (χ1v) is 7.09. The molecule has 2 atom stereocenters. The summed E-state index contributed by atoms with van der Waals surface area (Å²) in [4.78, 5) is 10.3. The second-order valence-electron chi connectivity index (χ2n) is 5.17. The minimum atomic E-state index is 0.526. The summed E-state index contributed by atoms with van der Waals surface area (Å²) in [6.07, 6.45) is 13.3. The van der Waals surface area contributed by atoms with E-state index in [1.54, 1.807) is 0 Å². The number of carbonyl (C=O) groups excluding carboxylic acids is 1. The summed E-state index contributed by atoms with van der Waals surface area (Å²) >= 11 is 0. The Morgan fingerprint density at radius 3 is 2.31 bits per heavy atom. The van der Waals surface area contributed by atoms with Crippen molar-refractivity contribution >= 4 is 6.29 Å². The van der Waals surface area contributed by atoms with Crippen LogP contribution in [0.3, 0.4) is 0 Å². The van der Waals surface area contributed by atoms with Gasteiger partial charge in [0.15, 0.2) is 6.29 Å². The molecule has 0 spiro atoms. The second kappa shape index (κ2) is 11.2. The Hall–Kier alpha value is -0.330. The zero-order chi connectivity index (χ0) is 12.2. The normalized spacial score (nSPS) is 14.7. The third kappa shape index (κ3) is 8.94. The Morgan fingerprint density at radius 1 is 1.06 bits per heavy atom. The molecule has 0 aliphatic carbocycles. The van der Waals surface area contributed by atoms with Crippen LogP contribution in [0.25, 0.3) is 0 Å². The van der Waals surface area contributed by atoms with Crippen LogP contribution in [0.15, 0.2) is 0 Å². The second-order valence-corrected chi connectivity index (χ2v) is 5.17. The third-order valence-corrected chi connectivity index (χ3v) is 3.46. The molecule has 0 saturated carbocycles. The van der Waals surface area contributed by atoms with E-state index < -0.39 is 0 Å². The Balaban J connectivity index is 3.54. The Morgan fingerprint density at radius 2 is 1.75 bits per heavy atom. The number of hydrogen-bond donors (Lipinski definition) is 0. The third-order valence-electron chi connectivity index (χ3n) is 3.46. The fourth-order valence-corrected chi connectivity index (χ4v) is 2.32. The molecule has 2 unspecified atom stereocenters. The molecule has 0 heterocycles. The smallest absolute Gasteiger partial charge is 0.198 e. The number of rotatable bonds is 11. The van der Waals surface area contributed by atoms with Gasteiger partial charge >= 0.3 is 0 Å². The quantitative estimate of drug-likeness (QED) is 0.457. The van der Waals surface area contributed by atoms with Gasteiger partial charge < -0.3 is 0 Å². The lowest BCUT2D eigenvalue weighted by atomic mass is 9.88. The average Bonchev–Trinajstić information content (AvgIpc) is 2.27. The first-order valence-electron chi connectivity index (χ1n) is 7.09. The fraction of sp³-hybridized carbons (Fsp3) is 0.933. The summed E-state index contributed by atoms with van der Waals surface area (Å²) in [6, 6.07) is 0. The van der Waals surface area contributed by atoms with Crippen molar-refractivity contribution in [1.82, 2.24) is 0 Å². The molecule has 0 aliphatic rings. The summed E-state index contributed by atoms with van der Waals surface area (Å²) < 4.78 is 0. The molecular formula is C15H29O. The van der Waals surface area contributed by atoms with E-state index in [2.05, 4.69) is 20.8 Å². The minimum Gasteiger partial charge on any atom is -0.291 e. The molecule has 16 heavy (non-hydrogen) atoms. The molecule has 1 nitrogen and oxygen atoms in total. The highest BCUT2D eigenvalue weighted by atomic mass is 16.1. The monoisotopic (exact) mass is 225 g/mol. The molecule has 0 rings (SSSR count). The lowest BCUT2D eigenvalue weighted by molar-refractivity contribution is 0.350. The van der Waals surface area contributed by atoms with E-state index in [0.717, 1.165) is 5.92 Å². The summed E-state index contributed by atoms with van der Waals surface area (Å²) in [5.41, 5.74) is 0. The van der Waals surface area contributed by atoms with Crippen molar-refractivity contribution < 1.29 is 4.79 Å². The maximum Gasteiger partial charge on any atom is 0.198 e. The largest absolute Gasteiger partial charge is 0.291 e. The fourth-order valence-electron chi connectivity index (χ4n) is 2.32. The molecule has 0 N–H and O–H groups in total. The van der Waals surface area contributed by atoms with Crippen molar-refractivity contribution in [1.29, 1.82) is 0 Å². The molecule has 0 aromatic heterocycles. The van der Waals surface area contributed by atoms with Crippen molar-refractivity contribution in [3.05, 3.63) is 0 Å². The first-order chi connectivity index (χ1) is 7.74. The molecule has 1 radical (unpaired) electrons. The first kappa shape index (κ1) is 15.7. The summed E-state index contributed by atoms with van der Waals surface area (Å²) in [5, 5.41) is 0. The molecule has 1 heteroatoms. The molecule has 95 valence electrons.